The van der Waals surface area contributed by atoms with Crippen molar-refractivity contribution < 1.29 is 9.18 Å². The van der Waals surface area contributed by atoms with Gasteiger partial charge in [-0.3, -0.25) is 9.59 Å². The Kier molecular flexibility index (Phi) is 5.06. The van der Waals surface area contributed by atoms with Crippen LogP contribution in [-0.4, -0.2) is 10.9 Å². The Balaban J connectivity index is 1.72. The summed E-state index contributed by atoms with van der Waals surface area (Å²) in [7, 11) is 0. The molecule has 3 rings (SSSR count). The van der Waals surface area contributed by atoms with E-state index < -0.39 is 17.3 Å². The molecule has 1 amide bonds. The molecule has 0 fully saturated rings. The number of aromatic amines is 1. The van der Waals surface area contributed by atoms with Crippen LogP contribution in [0.5, 0.6) is 0 Å². The summed E-state index contributed by atoms with van der Waals surface area (Å²) in [6.45, 7) is 0.233. The van der Waals surface area contributed by atoms with Crippen LogP contribution in [0, 0.1) is 5.82 Å². The second-order valence-electron chi connectivity index (χ2n) is 5.40. The van der Waals surface area contributed by atoms with Gasteiger partial charge in [0.2, 0.25) is 0 Å². The molecule has 0 bridgehead atoms. The first-order chi connectivity index (χ1) is 12.1. The molecule has 0 spiro atoms. The Morgan fingerprint density at radius 1 is 1.24 bits per heavy atom. The first-order valence-electron chi connectivity index (χ1n) is 7.61. The van der Waals surface area contributed by atoms with E-state index in [1.54, 1.807) is 18.2 Å². The average Bonchev–Trinajstić information content (AvgIpc) is 3.15. The summed E-state index contributed by atoms with van der Waals surface area (Å²) in [6.07, 6.45) is 0. The zero-order valence-electron chi connectivity index (χ0n) is 13.2. The number of carbonyl (C=O) groups is 1. The molecule has 4 N–H and O–H groups in total. The molecule has 2 aromatic heterocycles. The Bertz CT molecular complexity index is 951. The predicted octanol–water partition coefficient (Wildman–Crippen LogP) is 2.63. The van der Waals surface area contributed by atoms with Crippen LogP contribution in [0.2, 0.25) is 0 Å². The van der Waals surface area contributed by atoms with Crippen molar-refractivity contribution in [3.8, 4) is 10.6 Å². The van der Waals surface area contributed by atoms with Crippen molar-refractivity contribution in [1.82, 2.24) is 10.3 Å². The Hall–Kier alpha value is -2.77. The number of nitrogens with two attached hydrogens (primary N) is 1. The first kappa shape index (κ1) is 17.1. The van der Waals surface area contributed by atoms with Crippen molar-refractivity contribution in [3.05, 3.63) is 80.7 Å². The lowest BCUT2D eigenvalue weighted by atomic mass is 10.1. The number of nitrogens with one attached hydrogen (secondary N) is 2. The highest BCUT2D eigenvalue weighted by Gasteiger charge is 2.12. The fourth-order valence-corrected chi connectivity index (χ4v) is 3.07. The highest BCUT2D eigenvalue weighted by molar-refractivity contribution is 7.13. The maximum Gasteiger partial charge on any atom is 0.261 e. The van der Waals surface area contributed by atoms with E-state index in [0.29, 0.717) is 16.8 Å². The topological polar surface area (TPSA) is 88.0 Å². The molecule has 0 unspecified atom stereocenters. The molecule has 0 aliphatic rings. The van der Waals surface area contributed by atoms with E-state index in [4.69, 9.17) is 5.73 Å². The number of aromatic nitrogens is 1. The molecule has 0 atom stereocenters. The predicted molar refractivity (Wildman–Crippen MR) is 95.8 cm³/mol. The van der Waals surface area contributed by atoms with Crippen LogP contribution in [0.1, 0.15) is 21.5 Å². The Labute approximate surface area is 147 Å². The monoisotopic (exact) mass is 357 g/mol. The molecule has 0 aliphatic heterocycles. The highest BCUT2D eigenvalue weighted by atomic mass is 32.1. The van der Waals surface area contributed by atoms with Crippen LogP contribution in [-0.2, 0) is 13.1 Å². The van der Waals surface area contributed by atoms with Crippen LogP contribution in [0.15, 0.2) is 52.6 Å². The molecule has 0 saturated carbocycles. The number of thiophene rings is 1. The summed E-state index contributed by atoms with van der Waals surface area (Å²) in [5.41, 5.74) is 6.62. The summed E-state index contributed by atoms with van der Waals surface area (Å²) < 4.78 is 13.9. The normalized spacial score (nSPS) is 10.6. The molecular formula is C18H16FN3O2S. The molecule has 7 heteroatoms. The molecule has 0 aliphatic carbocycles. The van der Waals surface area contributed by atoms with Gasteiger partial charge in [0.05, 0.1) is 10.6 Å². The molecule has 3 aromatic rings. The van der Waals surface area contributed by atoms with Crippen molar-refractivity contribution in [1.29, 1.82) is 0 Å². The minimum atomic E-state index is -0.554. The third-order valence-corrected chi connectivity index (χ3v) is 4.64. The lowest BCUT2D eigenvalue weighted by Gasteiger charge is -2.08. The van der Waals surface area contributed by atoms with Crippen LogP contribution >= 0.6 is 11.3 Å². The summed E-state index contributed by atoms with van der Waals surface area (Å²) in [4.78, 5) is 27.9. The van der Waals surface area contributed by atoms with Crippen molar-refractivity contribution in [2.24, 2.45) is 5.73 Å². The zero-order chi connectivity index (χ0) is 17.8. The highest BCUT2D eigenvalue weighted by Crippen LogP contribution is 2.21. The standard InChI is InChI=1S/C18H16FN3O2S/c19-14-8-11(9-20)3-4-12(14)10-21-17(23)13-5-6-15(22-18(13)24)16-2-1-7-25-16/h1-8H,9-10,20H2,(H,21,23)(H,22,24). The van der Waals surface area contributed by atoms with Gasteiger partial charge in [-0.05, 0) is 35.2 Å². The average molecular weight is 357 g/mol. The van der Waals surface area contributed by atoms with Crippen molar-refractivity contribution in [2.75, 3.05) is 0 Å². The molecule has 0 saturated heterocycles. The molecule has 128 valence electrons. The largest absolute Gasteiger partial charge is 0.348 e. The second kappa shape index (κ2) is 7.42. The fourth-order valence-electron chi connectivity index (χ4n) is 2.36. The summed E-state index contributed by atoms with van der Waals surface area (Å²) in [5.74, 6) is -0.994. The van der Waals surface area contributed by atoms with E-state index in [0.717, 1.165) is 4.88 Å². The third-order valence-electron chi connectivity index (χ3n) is 3.73. The lowest BCUT2D eigenvalue weighted by molar-refractivity contribution is 0.0949. The molecule has 0 radical (unpaired) electrons. The number of pyridine rings is 1. The lowest BCUT2D eigenvalue weighted by Crippen LogP contribution is -2.29. The maximum atomic E-state index is 13.9. The molecule has 1 aromatic carbocycles. The number of hydrogen-bond donors (Lipinski definition) is 3. The van der Waals surface area contributed by atoms with Gasteiger partial charge in [-0.15, -0.1) is 11.3 Å². The quantitative estimate of drug-likeness (QED) is 0.656. The molecule has 2 heterocycles. The first-order valence-corrected chi connectivity index (χ1v) is 8.49. The van der Waals surface area contributed by atoms with Gasteiger partial charge in [0.25, 0.3) is 11.5 Å². The van der Waals surface area contributed by atoms with E-state index in [1.165, 1.54) is 23.5 Å². The van der Waals surface area contributed by atoms with Crippen molar-refractivity contribution in [2.45, 2.75) is 13.1 Å². The minimum absolute atomic E-state index is 0.0123. The van der Waals surface area contributed by atoms with E-state index in [2.05, 4.69) is 10.3 Å². The van der Waals surface area contributed by atoms with Crippen LogP contribution in [0.3, 0.4) is 0 Å². The van der Waals surface area contributed by atoms with Gasteiger partial charge >= 0.3 is 0 Å². The minimum Gasteiger partial charge on any atom is -0.348 e. The van der Waals surface area contributed by atoms with Crippen LogP contribution in [0.4, 0.5) is 4.39 Å². The van der Waals surface area contributed by atoms with Gasteiger partial charge in [0.15, 0.2) is 0 Å². The molecular weight excluding hydrogens is 341 g/mol. The van der Waals surface area contributed by atoms with Crippen LogP contribution in [0.25, 0.3) is 10.6 Å². The number of halogens is 1. The van der Waals surface area contributed by atoms with Crippen molar-refractivity contribution >= 4 is 17.2 Å². The van der Waals surface area contributed by atoms with Gasteiger partial charge in [-0.2, -0.15) is 0 Å². The van der Waals surface area contributed by atoms with Gasteiger partial charge < -0.3 is 16.0 Å². The number of benzene rings is 1. The third kappa shape index (κ3) is 3.84. The summed E-state index contributed by atoms with van der Waals surface area (Å²) in [6, 6.07) is 11.5. The van der Waals surface area contributed by atoms with E-state index in [1.807, 2.05) is 17.5 Å². The maximum absolute atomic E-state index is 13.9. The van der Waals surface area contributed by atoms with Crippen LogP contribution < -0.4 is 16.6 Å². The molecule has 25 heavy (non-hydrogen) atoms. The summed E-state index contributed by atoms with van der Waals surface area (Å²) in [5, 5.41) is 4.46. The smallest absolute Gasteiger partial charge is 0.261 e. The second-order valence-corrected chi connectivity index (χ2v) is 6.35. The number of H-pyrrole nitrogens is 1. The van der Waals surface area contributed by atoms with E-state index in [-0.39, 0.29) is 18.7 Å². The number of amides is 1. The van der Waals surface area contributed by atoms with Gasteiger partial charge in [-0.1, -0.05) is 18.2 Å². The van der Waals surface area contributed by atoms with E-state index in [9.17, 15) is 14.0 Å². The van der Waals surface area contributed by atoms with Gasteiger partial charge in [0.1, 0.15) is 11.4 Å². The summed E-state index contributed by atoms with van der Waals surface area (Å²) >= 11 is 1.49. The van der Waals surface area contributed by atoms with Gasteiger partial charge in [0, 0.05) is 18.7 Å². The number of rotatable bonds is 5. The number of carbonyl (C=O) groups excluding carboxylic acids is 1. The Morgan fingerprint density at radius 3 is 2.72 bits per heavy atom. The van der Waals surface area contributed by atoms with E-state index >= 15 is 0 Å². The van der Waals surface area contributed by atoms with Gasteiger partial charge in [-0.25, -0.2) is 4.39 Å². The Morgan fingerprint density at radius 2 is 2.08 bits per heavy atom. The number of hydrogen-bond acceptors (Lipinski definition) is 4. The SMILES string of the molecule is NCc1ccc(CNC(=O)c2ccc(-c3cccs3)[nH]c2=O)c(F)c1. The fraction of sp³-hybridized carbons (Fsp3) is 0.111. The molecule has 5 nitrogen and oxygen atoms in total. The van der Waals surface area contributed by atoms with Crippen molar-refractivity contribution in [3.63, 3.8) is 0 Å². The zero-order valence-corrected chi connectivity index (χ0v) is 14.0.